The first-order valence-electron chi connectivity index (χ1n) is 6.79. The molecule has 0 atom stereocenters. The highest BCUT2D eigenvalue weighted by molar-refractivity contribution is 5.80. The Bertz CT molecular complexity index is 621. The van der Waals surface area contributed by atoms with E-state index in [1.54, 1.807) is 0 Å². The van der Waals surface area contributed by atoms with Crippen LogP contribution >= 0.6 is 0 Å². The molecule has 2 rings (SSSR count). The highest BCUT2D eigenvalue weighted by Gasteiger charge is 2.17. The minimum Gasteiger partial charge on any atom is -0.504 e. The van der Waals surface area contributed by atoms with Crippen LogP contribution in [0.5, 0.6) is 23.0 Å². The first-order chi connectivity index (χ1) is 10.5. The summed E-state index contributed by atoms with van der Waals surface area (Å²) in [4.78, 5) is 0. The van der Waals surface area contributed by atoms with Gasteiger partial charge in [0, 0.05) is 24.3 Å². The van der Waals surface area contributed by atoms with Gasteiger partial charge in [-0.3, -0.25) is 0 Å². The SMILES string of the molecule is OCCc1cc(O)c(O)c(-c2cc(CCO)cc(O)c2O)c1. The van der Waals surface area contributed by atoms with Crippen molar-refractivity contribution in [3.05, 3.63) is 35.4 Å². The zero-order valence-corrected chi connectivity index (χ0v) is 11.8. The predicted octanol–water partition coefficient (Wildman–Crippen LogP) is 1.25. The van der Waals surface area contributed by atoms with E-state index in [9.17, 15) is 20.4 Å². The summed E-state index contributed by atoms with van der Waals surface area (Å²) in [5, 5.41) is 57.6. The highest BCUT2D eigenvalue weighted by atomic mass is 16.3. The lowest BCUT2D eigenvalue weighted by Gasteiger charge is -2.13. The summed E-state index contributed by atoms with van der Waals surface area (Å²) in [6.07, 6.45) is 0.536. The van der Waals surface area contributed by atoms with E-state index in [-0.39, 0.29) is 48.7 Å². The third-order valence-electron chi connectivity index (χ3n) is 3.39. The summed E-state index contributed by atoms with van der Waals surface area (Å²) in [5.74, 6) is -1.63. The number of hydrogen-bond donors (Lipinski definition) is 6. The van der Waals surface area contributed by atoms with E-state index in [1.807, 2.05) is 0 Å². The molecule has 0 spiro atoms. The van der Waals surface area contributed by atoms with Crippen molar-refractivity contribution in [3.8, 4) is 34.1 Å². The molecule has 0 aliphatic heterocycles. The minimum absolute atomic E-state index is 0.133. The Labute approximate surface area is 127 Å². The molecule has 0 radical (unpaired) electrons. The van der Waals surface area contributed by atoms with E-state index < -0.39 is 11.5 Å². The van der Waals surface area contributed by atoms with E-state index in [0.29, 0.717) is 11.1 Å². The average molecular weight is 306 g/mol. The molecule has 0 saturated heterocycles. The number of rotatable bonds is 5. The molecule has 0 aliphatic carbocycles. The number of aliphatic hydroxyl groups excluding tert-OH is 2. The second kappa shape index (κ2) is 6.55. The van der Waals surface area contributed by atoms with E-state index in [0.717, 1.165) is 0 Å². The van der Waals surface area contributed by atoms with Crippen molar-refractivity contribution < 1.29 is 30.6 Å². The largest absolute Gasteiger partial charge is 0.504 e. The van der Waals surface area contributed by atoms with Gasteiger partial charge < -0.3 is 30.6 Å². The Hall–Kier alpha value is -2.44. The van der Waals surface area contributed by atoms with Crippen LogP contribution in [0.4, 0.5) is 0 Å². The van der Waals surface area contributed by atoms with Gasteiger partial charge in [-0.15, -0.1) is 0 Å². The molecule has 6 nitrogen and oxygen atoms in total. The molecule has 0 saturated carbocycles. The highest BCUT2D eigenvalue weighted by Crippen LogP contribution is 2.44. The van der Waals surface area contributed by atoms with Crippen molar-refractivity contribution >= 4 is 0 Å². The van der Waals surface area contributed by atoms with Gasteiger partial charge in [0.1, 0.15) is 0 Å². The van der Waals surface area contributed by atoms with Gasteiger partial charge in [-0.25, -0.2) is 0 Å². The predicted molar refractivity (Wildman–Crippen MR) is 80.1 cm³/mol. The maximum absolute atomic E-state index is 10.0. The Morgan fingerprint density at radius 3 is 1.27 bits per heavy atom. The lowest BCUT2D eigenvalue weighted by Crippen LogP contribution is -1.94. The lowest BCUT2D eigenvalue weighted by atomic mass is 9.96. The number of phenols is 4. The van der Waals surface area contributed by atoms with Gasteiger partial charge in [-0.1, -0.05) is 0 Å². The van der Waals surface area contributed by atoms with Crippen LogP contribution in [0.25, 0.3) is 11.1 Å². The quantitative estimate of drug-likeness (QED) is 0.462. The molecule has 0 unspecified atom stereocenters. The second-order valence-electron chi connectivity index (χ2n) is 4.97. The Balaban J connectivity index is 2.64. The molecule has 2 aromatic carbocycles. The van der Waals surface area contributed by atoms with Crippen molar-refractivity contribution in [3.63, 3.8) is 0 Å². The standard InChI is InChI=1S/C16H18O6/c17-3-1-9-5-11(15(21)13(19)7-9)12-6-10(2-4-18)8-14(20)16(12)22/h5-8,17-22H,1-4H2. The molecular formula is C16H18O6. The van der Waals surface area contributed by atoms with Crippen LogP contribution in [0, 0.1) is 0 Å². The molecule has 6 N–H and O–H groups in total. The third-order valence-corrected chi connectivity index (χ3v) is 3.39. The fourth-order valence-corrected chi connectivity index (χ4v) is 2.31. The van der Waals surface area contributed by atoms with Crippen LogP contribution in [0.2, 0.25) is 0 Å². The van der Waals surface area contributed by atoms with E-state index in [1.165, 1.54) is 24.3 Å². The summed E-state index contributed by atoms with van der Waals surface area (Å²) in [6, 6.07) is 5.68. The summed E-state index contributed by atoms with van der Waals surface area (Å²) in [6.45, 7) is -0.267. The lowest BCUT2D eigenvalue weighted by molar-refractivity contribution is 0.299. The molecular weight excluding hydrogens is 288 g/mol. The van der Waals surface area contributed by atoms with Gasteiger partial charge in [0.2, 0.25) is 0 Å². The third kappa shape index (κ3) is 3.08. The monoisotopic (exact) mass is 306 g/mol. The van der Waals surface area contributed by atoms with Gasteiger partial charge in [0.05, 0.1) is 0 Å². The number of aliphatic hydroxyl groups is 2. The van der Waals surface area contributed by atoms with Crippen LogP contribution < -0.4 is 0 Å². The second-order valence-corrected chi connectivity index (χ2v) is 4.97. The summed E-state index contributed by atoms with van der Waals surface area (Å²) >= 11 is 0. The summed E-state index contributed by atoms with van der Waals surface area (Å²) < 4.78 is 0. The van der Waals surface area contributed by atoms with Crippen LogP contribution in [0.3, 0.4) is 0 Å². The zero-order chi connectivity index (χ0) is 16.3. The zero-order valence-electron chi connectivity index (χ0n) is 11.8. The van der Waals surface area contributed by atoms with E-state index >= 15 is 0 Å². The molecule has 118 valence electrons. The molecule has 0 aliphatic rings. The van der Waals surface area contributed by atoms with E-state index in [2.05, 4.69) is 0 Å². The van der Waals surface area contributed by atoms with Crippen LogP contribution in [-0.4, -0.2) is 43.9 Å². The van der Waals surface area contributed by atoms with Crippen molar-refractivity contribution in [2.75, 3.05) is 13.2 Å². The van der Waals surface area contributed by atoms with Gasteiger partial charge in [0.15, 0.2) is 23.0 Å². The molecule has 0 aromatic heterocycles. The molecule has 0 bridgehead atoms. The fraction of sp³-hybridized carbons (Fsp3) is 0.250. The van der Waals surface area contributed by atoms with Crippen molar-refractivity contribution in [1.82, 2.24) is 0 Å². The van der Waals surface area contributed by atoms with Crippen molar-refractivity contribution in [1.29, 1.82) is 0 Å². The number of phenolic OH excluding ortho intramolecular Hbond substituents is 4. The smallest absolute Gasteiger partial charge is 0.165 e. The summed E-state index contributed by atoms with van der Waals surface area (Å²) in [5.41, 5.74) is 1.41. The molecule has 22 heavy (non-hydrogen) atoms. The van der Waals surface area contributed by atoms with E-state index in [4.69, 9.17) is 10.2 Å². The number of aromatic hydroxyl groups is 4. The van der Waals surface area contributed by atoms with Gasteiger partial charge in [0.25, 0.3) is 0 Å². The topological polar surface area (TPSA) is 121 Å². The van der Waals surface area contributed by atoms with Crippen molar-refractivity contribution in [2.45, 2.75) is 12.8 Å². The maximum atomic E-state index is 10.0. The number of hydrogen-bond acceptors (Lipinski definition) is 6. The first-order valence-corrected chi connectivity index (χ1v) is 6.79. The fourth-order valence-electron chi connectivity index (χ4n) is 2.31. The Morgan fingerprint density at radius 1 is 0.591 bits per heavy atom. The van der Waals surface area contributed by atoms with Crippen LogP contribution in [0.15, 0.2) is 24.3 Å². The summed E-state index contributed by atoms with van der Waals surface area (Å²) in [7, 11) is 0. The normalized spacial score (nSPS) is 10.8. The average Bonchev–Trinajstić information content (AvgIpc) is 2.47. The molecule has 0 heterocycles. The van der Waals surface area contributed by atoms with Crippen LogP contribution in [0.1, 0.15) is 11.1 Å². The maximum Gasteiger partial charge on any atom is 0.165 e. The Kier molecular flexibility index (Phi) is 4.75. The van der Waals surface area contributed by atoms with Gasteiger partial charge in [-0.05, 0) is 48.2 Å². The molecule has 0 fully saturated rings. The Morgan fingerprint density at radius 2 is 0.955 bits per heavy atom. The number of benzene rings is 2. The van der Waals surface area contributed by atoms with Crippen LogP contribution in [-0.2, 0) is 12.8 Å². The van der Waals surface area contributed by atoms with Gasteiger partial charge >= 0.3 is 0 Å². The molecule has 6 heteroatoms. The first kappa shape index (κ1) is 15.9. The van der Waals surface area contributed by atoms with Gasteiger partial charge in [-0.2, -0.15) is 0 Å². The van der Waals surface area contributed by atoms with Crippen molar-refractivity contribution in [2.24, 2.45) is 0 Å². The minimum atomic E-state index is -0.433. The molecule has 2 aromatic rings. The molecule has 0 amide bonds.